The Bertz CT molecular complexity index is 1080. The molecule has 0 heterocycles. The van der Waals surface area contributed by atoms with Crippen LogP contribution in [0.4, 0.5) is 4.39 Å². The van der Waals surface area contributed by atoms with Crippen LogP contribution in [0.25, 0.3) is 0 Å². The predicted octanol–water partition coefficient (Wildman–Crippen LogP) is 5.58. The molecule has 0 aliphatic heterocycles. The van der Waals surface area contributed by atoms with Crippen molar-refractivity contribution in [3.8, 4) is 17.6 Å². The second kappa shape index (κ2) is 8.46. The van der Waals surface area contributed by atoms with Gasteiger partial charge in [-0.15, -0.1) is 0 Å². The van der Waals surface area contributed by atoms with Gasteiger partial charge >= 0.3 is 0 Å². The smallest absolute Gasteiger partial charge is 0.131 e. The zero-order chi connectivity index (χ0) is 23.2. The highest BCUT2D eigenvalue weighted by Gasteiger charge is 2.62. The van der Waals surface area contributed by atoms with Crippen molar-refractivity contribution in [2.24, 2.45) is 17.3 Å². The number of hydrogen-bond donors (Lipinski definition) is 2. The van der Waals surface area contributed by atoms with E-state index in [2.05, 4.69) is 31.8 Å². The van der Waals surface area contributed by atoms with Crippen LogP contribution in [0, 0.1) is 34.9 Å². The SMILES string of the molecule is CCCO[C@@H]1Cc2cc(O)ccc2[C@H]2CC[C@@]3(C)[C@@H](CC[C@@]3(O)C#Cc3ccc(F)cc3)[C@@H]21. The fourth-order valence-electron chi connectivity index (χ4n) is 6.93. The third kappa shape index (κ3) is 3.76. The van der Waals surface area contributed by atoms with E-state index in [1.54, 1.807) is 18.2 Å². The number of halogens is 1. The highest BCUT2D eigenvalue weighted by Crippen LogP contribution is 2.64. The summed E-state index contributed by atoms with van der Waals surface area (Å²) in [6.45, 7) is 5.06. The van der Waals surface area contributed by atoms with Crippen molar-refractivity contribution in [1.82, 2.24) is 0 Å². The third-order valence-electron chi connectivity index (χ3n) is 8.65. The van der Waals surface area contributed by atoms with Crippen molar-refractivity contribution >= 4 is 0 Å². The molecule has 3 aliphatic carbocycles. The molecule has 174 valence electrons. The molecule has 4 heteroatoms. The third-order valence-corrected chi connectivity index (χ3v) is 8.65. The fraction of sp³-hybridized carbons (Fsp3) is 0.517. The number of hydrogen-bond acceptors (Lipinski definition) is 3. The van der Waals surface area contributed by atoms with Crippen LogP contribution in [0.3, 0.4) is 0 Å². The largest absolute Gasteiger partial charge is 0.508 e. The van der Waals surface area contributed by atoms with Gasteiger partial charge in [-0.1, -0.05) is 31.8 Å². The molecule has 0 unspecified atom stereocenters. The zero-order valence-corrected chi connectivity index (χ0v) is 19.5. The van der Waals surface area contributed by atoms with E-state index in [0.29, 0.717) is 29.9 Å². The summed E-state index contributed by atoms with van der Waals surface area (Å²) in [4.78, 5) is 0. The average Bonchev–Trinajstić information content (AvgIpc) is 3.07. The molecule has 3 nitrogen and oxygen atoms in total. The van der Waals surface area contributed by atoms with Gasteiger partial charge in [-0.2, -0.15) is 0 Å². The molecule has 0 bridgehead atoms. The van der Waals surface area contributed by atoms with Gasteiger partial charge in [0.05, 0.1) is 6.10 Å². The van der Waals surface area contributed by atoms with Crippen molar-refractivity contribution in [2.75, 3.05) is 6.61 Å². The van der Waals surface area contributed by atoms with Gasteiger partial charge in [0.1, 0.15) is 17.2 Å². The van der Waals surface area contributed by atoms with E-state index in [4.69, 9.17) is 4.74 Å². The van der Waals surface area contributed by atoms with Crippen LogP contribution in [-0.2, 0) is 11.2 Å². The maximum atomic E-state index is 13.3. The molecule has 2 aromatic rings. The molecular weight excluding hydrogens is 415 g/mol. The van der Waals surface area contributed by atoms with Gasteiger partial charge in [0.15, 0.2) is 0 Å². The minimum atomic E-state index is -1.07. The minimum Gasteiger partial charge on any atom is -0.508 e. The fourth-order valence-corrected chi connectivity index (χ4v) is 6.93. The van der Waals surface area contributed by atoms with Crippen molar-refractivity contribution < 1.29 is 19.3 Å². The first kappa shape index (κ1) is 22.4. The summed E-state index contributed by atoms with van der Waals surface area (Å²) in [6.07, 6.45) is 5.30. The van der Waals surface area contributed by atoms with E-state index in [9.17, 15) is 14.6 Å². The Balaban J connectivity index is 1.49. The number of phenols is 1. The normalized spacial score (nSPS) is 34.5. The molecule has 0 spiro atoms. The molecule has 0 aromatic heterocycles. The Morgan fingerprint density at radius 1 is 1.12 bits per heavy atom. The van der Waals surface area contributed by atoms with Crippen molar-refractivity contribution in [3.05, 3.63) is 65.0 Å². The van der Waals surface area contributed by atoms with Crippen LogP contribution < -0.4 is 0 Å². The van der Waals surface area contributed by atoms with Gasteiger partial charge in [-0.3, -0.25) is 0 Å². The molecule has 0 amide bonds. The monoisotopic (exact) mass is 448 g/mol. The lowest BCUT2D eigenvalue weighted by atomic mass is 9.52. The summed E-state index contributed by atoms with van der Waals surface area (Å²) in [5.41, 5.74) is 1.88. The summed E-state index contributed by atoms with van der Waals surface area (Å²) < 4.78 is 19.7. The Kier molecular flexibility index (Phi) is 5.75. The minimum absolute atomic E-state index is 0.0845. The van der Waals surface area contributed by atoms with E-state index in [1.807, 2.05) is 6.07 Å². The van der Waals surface area contributed by atoms with E-state index in [0.717, 1.165) is 44.3 Å². The maximum absolute atomic E-state index is 13.3. The number of phenolic OH excluding ortho intramolecular Hbond substituents is 1. The highest BCUT2D eigenvalue weighted by atomic mass is 19.1. The molecule has 0 radical (unpaired) electrons. The molecule has 0 saturated heterocycles. The predicted molar refractivity (Wildman–Crippen MR) is 126 cm³/mol. The summed E-state index contributed by atoms with van der Waals surface area (Å²) in [5, 5.41) is 21.9. The lowest BCUT2D eigenvalue weighted by Gasteiger charge is -2.54. The molecular formula is C29H33FO3. The van der Waals surface area contributed by atoms with Crippen LogP contribution in [0.1, 0.15) is 68.6 Å². The van der Waals surface area contributed by atoms with Gasteiger partial charge in [-0.25, -0.2) is 4.39 Å². The van der Waals surface area contributed by atoms with Crippen LogP contribution in [-0.4, -0.2) is 28.5 Å². The maximum Gasteiger partial charge on any atom is 0.131 e. The molecule has 2 aromatic carbocycles. The number of ether oxygens (including phenoxy) is 1. The first-order valence-corrected chi connectivity index (χ1v) is 12.3. The molecule has 3 aliphatic rings. The summed E-state index contributed by atoms with van der Waals surface area (Å²) in [6, 6.07) is 11.9. The van der Waals surface area contributed by atoms with Gasteiger partial charge in [0.2, 0.25) is 0 Å². The molecule has 2 saturated carbocycles. The van der Waals surface area contributed by atoms with Crippen molar-refractivity contribution in [3.63, 3.8) is 0 Å². The summed E-state index contributed by atoms with van der Waals surface area (Å²) in [5.74, 6) is 7.40. The second-order valence-electron chi connectivity index (χ2n) is 10.4. The Morgan fingerprint density at radius 2 is 1.91 bits per heavy atom. The summed E-state index contributed by atoms with van der Waals surface area (Å²) in [7, 11) is 0. The first-order valence-electron chi connectivity index (χ1n) is 12.3. The number of benzene rings is 2. The van der Waals surface area contributed by atoms with E-state index in [-0.39, 0.29) is 17.3 Å². The topological polar surface area (TPSA) is 49.7 Å². The standard InChI is InChI=1S/C29H33FO3/c1-3-16-33-26-18-20-17-22(31)8-9-23(20)24-11-13-28(2)25(27(24)26)12-15-29(28,32)14-10-19-4-6-21(30)7-5-19/h4-9,17,24-27,31-32H,3,11-13,15-16,18H2,1-2H3/t24-,25+,26-,27-,28+,29+/m1/s1. The quantitative estimate of drug-likeness (QED) is 0.603. The average molecular weight is 449 g/mol. The number of aliphatic hydroxyl groups is 1. The van der Waals surface area contributed by atoms with Gasteiger partial charge in [-0.05, 0) is 104 Å². The van der Waals surface area contributed by atoms with E-state index < -0.39 is 5.60 Å². The molecule has 33 heavy (non-hydrogen) atoms. The van der Waals surface area contributed by atoms with Crippen LogP contribution in [0.5, 0.6) is 5.75 Å². The van der Waals surface area contributed by atoms with Crippen LogP contribution >= 0.6 is 0 Å². The van der Waals surface area contributed by atoms with Crippen LogP contribution in [0.2, 0.25) is 0 Å². The number of fused-ring (bicyclic) bond motifs is 5. The van der Waals surface area contributed by atoms with Crippen molar-refractivity contribution in [2.45, 2.75) is 70.0 Å². The van der Waals surface area contributed by atoms with Gasteiger partial charge in [0.25, 0.3) is 0 Å². The van der Waals surface area contributed by atoms with E-state index >= 15 is 0 Å². The number of rotatable bonds is 3. The number of aromatic hydroxyl groups is 1. The molecule has 2 N–H and O–H groups in total. The van der Waals surface area contributed by atoms with E-state index in [1.165, 1.54) is 23.3 Å². The lowest BCUT2D eigenvalue weighted by molar-refractivity contribution is -0.106. The summed E-state index contributed by atoms with van der Waals surface area (Å²) >= 11 is 0. The molecule has 6 atom stereocenters. The van der Waals surface area contributed by atoms with Gasteiger partial charge < -0.3 is 14.9 Å². The highest BCUT2D eigenvalue weighted by molar-refractivity contribution is 5.43. The molecule has 2 fully saturated rings. The molecule has 5 rings (SSSR count). The Morgan fingerprint density at radius 3 is 2.67 bits per heavy atom. The zero-order valence-electron chi connectivity index (χ0n) is 19.5. The van der Waals surface area contributed by atoms with Gasteiger partial charge in [0, 0.05) is 17.6 Å². The first-order chi connectivity index (χ1) is 15.8. The van der Waals surface area contributed by atoms with Crippen molar-refractivity contribution in [1.29, 1.82) is 0 Å². The Labute approximate surface area is 196 Å². The van der Waals surface area contributed by atoms with Crippen LogP contribution in [0.15, 0.2) is 42.5 Å². The lowest BCUT2D eigenvalue weighted by Crippen LogP contribution is -2.53. The Hall–Kier alpha value is -2.35. The second-order valence-corrected chi connectivity index (χ2v) is 10.4.